The van der Waals surface area contributed by atoms with Crippen LogP contribution in [-0.2, 0) is 0 Å². The fourth-order valence-electron chi connectivity index (χ4n) is 0.642. The molecule has 0 saturated carbocycles. The molecule has 6 nitrogen and oxygen atoms in total. The first-order valence-corrected chi connectivity index (χ1v) is 4.57. The number of aromatic nitrogens is 4. The molecule has 0 aliphatic heterocycles. The van der Waals surface area contributed by atoms with Crippen LogP contribution < -0.4 is 11.5 Å². The maximum Gasteiger partial charge on any atom is 0.203 e. The summed E-state index contributed by atoms with van der Waals surface area (Å²) in [6.45, 7) is 0. The second-order valence-electron chi connectivity index (χ2n) is 1.89. The second-order valence-corrected chi connectivity index (χ2v) is 3.91. The maximum atomic E-state index is 5.39. The van der Waals surface area contributed by atoms with Crippen LogP contribution in [0.2, 0.25) is 0 Å². The van der Waals surface area contributed by atoms with Crippen molar-refractivity contribution in [2.24, 2.45) is 0 Å². The molecule has 0 amide bonds. The summed E-state index contributed by atoms with van der Waals surface area (Å²) in [7, 11) is 0. The van der Waals surface area contributed by atoms with Gasteiger partial charge in [0, 0.05) is 0 Å². The standard InChI is InChI=1S/C4H4N6S2/c5-3-9-7-1(11-3)2-8-10-4(6)12-2/h(H2,5,9)(H2,6,10). The monoisotopic (exact) mass is 200 g/mol. The third kappa shape index (κ3) is 1.21. The summed E-state index contributed by atoms with van der Waals surface area (Å²) in [5, 5.41) is 17.0. The molecule has 0 atom stereocenters. The van der Waals surface area contributed by atoms with Crippen LogP contribution in [0.4, 0.5) is 10.3 Å². The Kier molecular flexibility index (Phi) is 1.62. The zero-order chi connectivity index (χ0) is 8.55. The predicted octanol–water partition coefficient (Wildman–Crippen LogP) is 0.221. The Labute approximate surface area is 75.3 Å². The Morgan fingerprint density at radius 1 is 0.750 bits per heavy atom. The highest BCUT2D eigenvalue weighted by atomic mass is 32.1. The molecule has 2 aromatic heterocycles. The maximum absolute atomic E-state index is 5.39. The molecule has 8 heteroatoms. The van der Waals surface area contributed by atoms with Crippen LogP contribution >= 0.6 is 22.7 Å². The van der Waals surface area contributed by atoms with Gasteiger partial charge >= 0.3 is 0 Å². The van der Waals surface area contributed by atoms with Gasteiger partial charge in [0.1, 0.15) is 0 Å². The Hall–Kier alpha value is -1.28. The molecular weight excluding hydrogens is 196 g/mol. The van der Waals surface area contributed by atoms with Crippen molar-refractivity contribution in [2.45, 2.75) is 0 Å². The molecule has 0 aliphatic carbocycles. The average Bonchev–Trinajstić information content (AvgIpc) is 2.58. The summed E-state index contributed by atoms with van der Waals surface area (Å²) in [5.74, 6) is 0. The third-order valence-corrected chi connectivity index (χ3v) is 2.71. The van der Waals surface area contributed by atoms with Crippen LogP contribution in [0.3, 0.4) is 0 Å². The first-order valence-electron chi connectivity index (χ1n) is 2.94. The molecule has 0 saturated heterocycles. The summed E-state index contributed by atoms with van der Waals surface area (Å²) in [4.78, 5) is 0. The van der Waals surface area contributed by atoms with E-state index in [1.54, 1.807) is 0 Å². The highest BCUT2D eigenvalue weighted by Gasteiger charge is 2.09. The van der Waals surface area contributed by atoms with Gasteiger partial charge in [0.15, 0.2) is 10.0 Å². The fraction of sp³-hybridized carbons (Fsp3) is 0. The molecule has 0 aliphatic rings. The lowest BCUT2D eigenvalue weighted by Crippen LogP contribution is -1.80. The minimum Gasteiger partial charge on any atom is -0.374 e. The van der Waals surface area contributed by atoms with E-state index in [1.807, 2.05) is 0 Å². The van der Waals surface area contributed by atoms with Gasteiger partial charge in [-0.15, -0.1) is 20.4 Å². The van der Waals surface area contributed by atoms with Crippen molar-refractivity contribution in [3.8, 4) is 10.0 Å². The van der Waals surface area contributed by atoms with Gasteiger partial charge in [0.05, 0.1) is 0 Å². The minimum atomic E-state index is 0.416. The minimum absolute atomic E-state index is 0.416. The smallest absolute Gasteiger partial charge is 0.203 e. The second kappa shape index (κ2) is 2.64. The van der Waals surface area contributed by atoms with E-state index in [0.29, 0.717) is 20.3 Å². The highest BCUT2D eigenvalue weighted by Crippen LogP contribution is 2.27. The zero-order valence-electron chi connectivity index (χ0n) is 5.76. The van der Waals surface area contributed by atoms with Gasteiger partial charge in [-0.25, -0.2) is 0 Å². The van der Waals surface area contributed by atoms with Gasteiger partial charge in [-0.3, -0.25) is 0 Å². The normalized spacial score (nSPS) is 10.3. The molecule has 0 radical (unpaired) electrons. The van der Waals surface area contributed by atoms with Crippen molar-refractivity contribution in [3.05, 3.63) is 0 Å². The Bertz CT molecular complexity index is 353. The molecule has 2 rings (SSSR count). The number of hydrogen-bond acceptors (Lipinski definition) is 8. The van der Waals surface area contributed by atoms with Crippen molar-refractivity contribution in [2.75, 3.05) is 11.5 Å². The first kappa shape index (κ1) is 7.37. The molecular formula is C4H4N6S2. The summed E-state index contributed by atoms with van der Waals surface area (Å²) >= 11 is 2.52. The molecule has 0 aromatic carbocycles. The fourth-order valence-corrected chi connectivity index (χ4v) is 1.87. The van der Waals surface area contributed by atoms with Gasteiger partial charge in [-0.05, 0) is 0 Å². The molecule has 2 heterocycles. The molecule has 4 N–H and O–H groups in total. The number of anilines is 2. The molecule has 12 heavy (non-hydrogen) atoms. The van der Waals surface area contributed by atoms with Gasteiger partial charge < -0.3 is 11.5 Å². The third-order valence-electron chi connectivity index (χ3n) is 1.06. The topological polar surface area (TPSA) is 104 Å². The van der Waals surface area contributed by atoms with Crippen LogP contribution in [0.15, 0.2) is 0 Å². The number of nitrogens with zero attached hydrogens (tertiary/aromatic N) is 4. The lowest BCUT2D eigenvalue weighted by atomic mass is 10.8. The van der Waals surface area contributed by atoms with Crippen molar-refractivity contribution >= 4 is 32.9 Å². The number of hydrogen-bond donors (Lipinski definition) is 2. The van der Waals surface area contributed by atoms with Gasteiger partial charge in [0.25, 0.3) is 0 Å². The summed E-state index contributed by atoms with van der Waals surface area (Å²) in [6, 6.07) is 0. The quantitative estimate of drug-likeness (QED) is 0.682. The van der Waals surface area contributed by atoms with Crippen molar-refractivity contribution in [3.63, 3.8) is 0 Å². The van der Waals surface area contributed by atoms with E-state index in [1.165, 1.54) is 22.7 Å². The number of nitrogen functional groups attached to an aromatic ring is 2. The largest absolute Gasteiger partial charge is 0.374 e. The number of nitrogens with two attached hydrogens (primary N) is 2. The van der Waals surface area contributed by atoms with Gasteiger partial charge in [-0.1, -0.05) is 22.7 Å². The molecule has 2 aromatic rings. The van der Waals surface area contributed by atoms with Gasteiger partial charge in [-0.2, -0.15) is 0 Å². The molecule has 0 spiro atoms. The SMILES string of the molecule is Nc1nnc(-c2nnc(N)s2)s1. The van der Waals surface area contributed by atoms with E-state index in [9.17, 15) is 0 Å². The lowest BCUT2D eigenvalue weighted by molar-refractivity contribution is 1.07. The number of rotatable bonds is 1. The van der Waals surface area contributed by atoms with Crippen LogP contribution in [0.1, 0.15) is 0 Å². The van der Waals surface area contributed by atoms with Crippen molar-refractivity contribution < 1.29 is 0 Å². The molecule has 62 valence electrons. The Balaban J connectivity index is 2.43. The van der Waals surface area contributed by atoms with Crippen molar-refractivity contribution in [1.82, 2.24) is 20.4 Å². The molecule has 0 bridgehead atoms. The predicted molar refractivity (Wildman–Crippen MR) is 47.6 cm³/mol. The highest BCUT2D eigenvalue weighted by molar-refractivity contribution is 7.24. The molecule has 0 unspecified atom stereocenters. The Morgan fingerprint density at radius 2 is 1.17 bits per heavy atom. The van der Waals surface area contributed by atoms with E-state index in [2.05, 4.69) is 20.4 Å². The van der Waals surface area contributed by atoms with E-state index in [4.69, 9.17) is 11.5 Å². The first-order chi connectivity index (χ1) is 5.75. The van der Waals surface area contributed by atoms with Crippen molar-refractivity contribution in [1.29, 1.82) is 0 Å². The van der Waals surface area contributed by atoms with E-state index >= 15 is 0 Å². The average molecular weight is 200 g/mol. The van der Waals surface area contributed by atoms with Crippen LogP contribution in [0.25, 0.3) is 10.0 Å². The van der Waals surface area contributed by atoms with Crippen LogP contribution in [0, 0.1) is 0 Å². The van der Waals surface area contributed by atoms with E-state index in [-0.39, 0.29) is 0 Å². The zero-order valence-corrected chi connectivity index (χ0v) is 7.39. The molecule has 0 fully saturated rings. The lowest BCUT2D eigenvalue weighted by Gasteiger charge is -1.79. The van der Waals surface area contributed by atoms with Crippen LogP contribution in [0.5, 0.6) is 0 Å². The Morgan fingerprint density at radius 3 is 1.42 bits per heavy atom. The van der Waals surface area contributed by atoms with E-state index < -0.39 is 0 Å². The van der Waals surface area contributed by atoms with Crippen LogP contribution in [-0.4, -0.2) is 20.4 Å². The van der Waals surface area contributed by atoms with E-state index in [0.717, 1.165) is 0 Å². The summed E-state index contributed by atoms with van der Waals surface area (Å²) in [6.07, 6.45) is 0. The summed E-state index contributed by atoms with van der Waals surface area (Å²) in [5.41, 5.74) is 10.8. The summed E-state index contributed by atoms with van der Waals surface area (Å²) < 4.78 is 0. The van der Waals surface area contributed by atoms with Gasteiger partial charge in [0.2, 0.25) is 10.3 Å².